The maximum Gasteiger partial charge on any atom is 0.130 e. The lowest BCUT2D eigenvalue weighted by molar-refractivity contribution is 0.305. The monoisotopic (exact) mass is 267 g/mol. The Hall–Kier alpha value is -1.25. The Bertz CT molecular complexity index is 529. The van der Waals surface area contributed by atoms with Crippen molar-refractivity contribution in [1.29, 1.82) is 0 Å². The van der Waals surface area contributed by atoms with Crippen molar-refractivity contribution in [3.8, 4) is 5.75 Å². The Morgan fingerprint density at radius 1 is 1.24 bits per heavy atom. The number of hydrogen-bond acceptors (Lipinski definition) is 2. The van der Waals surface area contributed by atoms with Gasteiger partial charge in [-0.15, -0.1) is 0 Å². The van der Waals surface area contributed by atoms with Gasteiger partial charge in [-0.25, -0.2) is 4.98 Å². The molecule has 0 saturated carbocycles. The lowest BCUT2D eigenvalue weighted by Crippen LogP contribution is -1.97. The summed E-state index contributed by atoms with van der Waals surface area (Å²) in [6.45, 7) is 2.40. The first-order valence-corrected chi connectivity index (χ1v) is 5.90. The summed E-state index contributed by atoms with van der Waals surface area (Å²) in [6.07, 6.45) is 1.63. The Morgan fingerprint density at radius 3 is 2.76 bits per heavy atom. The Kier molecular flexibility index (Phi) is 3.87. The van der Waals surface area contributed by atoms with Crippen LogP contribution in [0, 0.1) is 6.92 Å². The van der Waals surface area contributed by atoms with Crippen LogP contribution in [0.15, 0.2) is 36.5 Å². The van der Waals surface area contributed by atoms with Crippen LogP contribution in [0.3, 0.4) is 0 Å². The Balaban J connectivity index is 2.07. The smallest absolute Gasteiger partial charge is 0.130 e. The summed E-state index contributed by atoms with van der Waals surface area (Å²) in [5.41, 5.74) is 1.97. The summed E-state index contributed by atoms with van der Waals surface area (Å²) >= 11 is 11.7. The van der Waals surface area contributed by atoms with Crippen LogP contribution in [-0.4, -0.2) is 4.98 Å². The third-order valence-electron chi connectivity index (χ3n) is 2.28. The number of halogens is 2. The molecule has 0 amide bonds. The van der Waals surface area contributed by atoms with E-state index < -0.39 is 0 Å². The van der Waals surface area contributed by atoms with Gasteiger partial charge in [0.2, 0.25) is 0 Å². The van der Waals surface area contributed by atoms with Crippen LogP contribution < -0.4 is 4.74 Å². The molecule has 0 spiro atoms. The van der Waals surface area contributed by atoms with E-state index in [-0.39, 0.29) is 0 Å². The highest BCUT2D eigenvalue weighted by molar-refractivity contribution is 6.34. The van der Waals surface area contributed by atoms with Crippen molar-refractivity contribution in [2.45, 2.75) is 13.5 Å². The number of rotatable bonds is 3. The molecule has 2 nitrogen and oxygen atoms in total. The molecule has 0 saturated heterocycles. The van der Waals surface area contributed by atoms with Crippen LogP contribution in [0.5, 0.6) is 5.75 Å². The number of aryl methyl sites for hydroxylation is 1. The predicted molar refractivity (Wildman–Crippen MR) is 69.8 cm³/mol. The lowest BCUT2D eigenvalue weighted by atomic mass is 10.2. The highest BCUT2D eigenvalue weighted by Gasteiger charge is 2.03. The summed E-state index contributed by atoms with van der Waals surface area (Å²) in [4.78, 5) is 3.97. The van der Waals surface area contributed by atoms with Gasteiger partial charge in [0.25, 0.3) is 0 Å². The molecule has 1 aromatic carbocycles. The molecule has 0 fully saturated rings. The number of ether oxygens (including phenoxy) is 1. The van der Waals surface area contributed by atoms with Crippen molar-refractivity contribution in [3.63, 3.8) is 0 Å². The maximum absolute atomic E-state index is 6.02. The molecule has 1 heterocycles. The molecule has 0 unspecified atom stereocenters. The van der Waals surface area contributed by atoms with E-state index in [9.17, 15) is 0 Å². The molecule has 0 aliphatic heterocycles. The second-order valence-corrected chi connectivity index (χ2v) is 4.50. The summed E-state index contributed by atoms with van der Waals surface area (Å²) in [6, 6.07) is 9.45. The van der Waals surface area contributed by atoms with Gasteiger partial charge in [0.1, 0.15) is 17.5 Å². The third-order valence-corrected chi connectivity index (χ3v) is 2.84. The molecule has 0 bridgehead atoms. The average molecular weight is 268 g/mol. The molecule has 0 aliphatic carbocycles. The van der Waals surface area contributed by atoms with E-state index in [0.29, 0.717) is 16.8 Å². The van der Waals surface area contributed by atoms with Gasteiger partial charge < -0.3 is 4.74 Å². The molecule has 4 heteroatoms. The number of nitrogens with zero attached hydrogens (tertiary/aromatic N) is 1. The van der Waals surface area contributed by atoms with Crippen LogP contribution in [-0.2, 0) is 6.61 Å². The predicted octanol–water partition coefficient (Wildman–Crippen LogP) is 4.28. The molecule has 0 aliphatic rings. The minimum atomic E-state index is 0.381. The third kappa shape index (κ3) is 3.35. The van der Waals surface area contributed by atoms with Crippen molar-refractivity contribution in [2.75, 3.05) is 0 Å². The van der Waals surface area contributed by atoms with Gasteiger partial charge in [0, 0.05) is 11.8 Å². The van der Waals surface area contributed by atoms with E-state index >= 15 is 0 Å². The second-order valence-electron chi connectivity index (χ2n) is 3.70. The van der Waals surface area contributed by atoms with Gasteiger partial charge in [-0.1, -0.05) is 35.3 Å². The topological polar surface area (TPSA) is 22.1 Å². The van der Waals surface area contributed by atoms with E-state index in [2.05, 4.69) is 4.98 Å². The van der Waals surface area contributed by atoms with Gasteiger partial charge in [0.05, 0.1) is 5.02 Å². The summed E-state index contributed by atoms with van der Waals surface area (Å²) in [5, 5.41) is 0.951. The first-order valence-electron chi connectivity index (χ1n) is 5.14. The van der Waals surface area contributed by atoms with Gasteiger partial charge in [-0.3, -0.25) is 0 Å². The van der Waals surface area contributed by atoms with E-state index in [0.717, 1.165) is 16.9 Å². The van der Waals surface area contributed by atoms with E-state index in [4.69, 9.17) is 27.9 Å². The molecule has 1 aromatic heterocycles. The normalized spacial score (nSPS) is 10.3. The molecule has 2 rings (SSSR count). The largest absolute Gasteiger partial charge is 0.489 e. The fourth-order valence-electron chi connectivity index (χ4n) is 1.41. The quantitative estimate of drug-likeness (QED) is 0.775. The van der Waals surface area contributed by atoms with E-state index in [1.54, 1.807) is 12.3 Å². The van der Waals surface area contributed by atoms with Crippen LogP contribution in [0.25, 0.3) is 0 Å². The second kappa shape index (κ2) is 5.39. The highest BCUT2D eigenvalue weighted by atomic mass is 35.5. The number of pyridine rings is 1. The zero-order chi connectivity index (χ0) is 12.3. The molecular weight excluding hydrogens is 257 g/mol. The molecule has 88 valence electrons. The van der Waals surface area contributed by atoms with Gasteiger partial charge >= 0.3 is 0 Å². The number of benzene rings is 1. The van der Waals surface area contributed by atoms with E-state index in [1.165, 1.54) is 0 Å². The van der Waals surface area contributed by atoms with Gasteiger partial charge in [-0.2, -0.15) is 0 Å². The molecule has 0 N–H and O–H groups in total. The Morgan fingerprint density at radius 2 is 2.06 bits per heavy atom. The summed E-state index contributed by atoms with van der Waals surface area (Å²) < 4.78 is 5.63. The lowest BCUT2D eigenvalue weighted by Gasteiger charge is -2.08. The summed E-state index contributed by atoms with van der Waals surface area (Å²) in [7, 11) is 0. The van der Waals surface area contributed by atoms with Crippen molar-refractivity contribution in [2.24, 2.45) is 0 Å². The molecule has 17 heavy (non-hydrogen) atoms. The van der Waals surface area contributed by atoms with Crippen molar-refractivity contribution in [3.05, 3.63) is 57.8 Å². The number of hydrogen-bond donors (Lipinski definition) is 0. The standard InChI is InChI=1S/C13H11Cl2NO/c1-9-3-2-4-11(5-9)17-8-10-7-16-13(15)6-12(10)14/h2-7H,8H2,1H3. The fraction of sp³-hybridized carbons (Fsp3) is 0.154. The minimum Gasteiger partial charge on any atom is -0.489 e. The van der Waals surface area contributed by atoms with E-state index in [1.807, 2.05) is 31.2 Å². The summed E-state index contributed by atoms with van der Waals surface area (Å²) in [5.74, 6) is 0.816. The van der Waals surface area contributed by atoms with Crippen LogP contribution in [0.1, 0.15) is 11.1 Å². The van der Waals surface area contributed by atoms with Crippen LogP contribution in [0.4, 0.5) is 0 Å². The highest BCUT2D eigenvalue weighted by Crippen LogP contribution is 2.21. The Labute approximate surface area is 110 Å². The first-order chi connectivity index (χ1) is 8.15. The minimum absolute atomic E-state index is 0.381. The van der Waals surface area contributed by atoms with Gasteiger partial charge in [-0.05, 0) is 30.7 Å². The fourth-order valence-corrected chi connectivity index (χ4v) is 1.83. The molecule has 0 atom stereocenters. The van der Waals surface area contributed by atoms with Crippen molar-refractivity contribution < 1.29 is 4.74 Å². The maximum atomic E-state index is 6.02. The average Bonchev–Trinajstić information content (AvgIpc) is 2.28. The molecular formula is C13H11Cl2NO. The van der Waals surface area contributed by atoms with Gasteiger partial charge in [0.15, 0.2) is 0 Å². The zero-order valence-corrected chi connectivity index (χ0v) is 10.8. The molecule has 2 aromatic rings. The molecule has 0 radical (unpaired) electrons. The number of aromatic nitrogens is 1. The van der Waals surface area contributed by atoms with Crippen molar-refractivity contribution in [1.82, 2.24) is 4.98 Å². The SMILES string of the molecule is Cc1cccc(OCc2cnc(Cl)cc2Cl)c1. The van der Waals surface area contributed by atoms with Crippen LogP contribution >= 0.6 is 23.2 Å². The van der Waals surface area contributed by atoms with Crippen molar-refractivity contribution >= 4 is 23.2 Å². The zero-order valence-electron chi connectivity index (χ0n) is 9.28. The first kappa shape index (κ1) is 12.2. The van der Waals surface area contributed by atoms with Crippen LogP contribution in [0.2, 0.25) is 10.2 Å².